The number of nitrogens with zero attached hydrogens (tertiary/aromatic N) is 3. The normalized spacial score (nSPS) is 26.1. The van der Waals surface area contributed by atoms with Crippen molar-refractivity contribution in [2.75, 3.05) is 13.1 Å². The van der Waals surface area contributed by atoms with Gasteiger partial charge in [-0.1, -0.05) is 5.16 Å². The fourth-order valence-corrected chi connectivity index (χ4v) is 3.79. The first kappa shape index (κ1) is 15.4. The van der Waals surface area contributed by atoms with Crippen molar-refractivity contribution in [3.05, 3.63) is 34.9 Å². The van der Waals surface area contributed by atoms with Gasteiger partial charge in [-0.25, -0.2) is 0 Å². The number of likely N-dealkylation sites (tertiary alicyclic amines) is 1. The summed E-state index contributed by atoms with van der Waals surface area (Å²) < 4.78 is 16.7. The molecule has 2 aliphatic rings. The zero-order chi connectivity index (χ0) is 16.8. The molecule has 0 radical (unpaired) electrons. The molecule has 2 aromatic heterocycles. The molecule has 2 saturated heterocycles. The van der Waals surface area contributed by atoms with E-state index in [0.717, 1.165) is 18.7 Å². The Morgan fingerprint density at radius 2 is 2.17 bits per heavy atom. The number of carbonyl (C=O) groups is 1. The number of hydrogen-bond acceptors (Lipinski definition) is 6. The minimum absolute atomic E-state index is 0.0337. The molecule has 2 aromatic rings. The monoisotopic (exact) mass is 331 g/mol. The maximum absolute atomic E-state index is 12.7. The third kappa shape index (κ3) is 2.73. The van der Waals surface area contributed by atoms with Crippen molar-refractivity contribution in [3.63, 3.8) is 0 Å². The van der Waals surface area contributed by atoms with Gasteiger partial charge in [0.15, 0.2) is 5.82 Å². The van der Waals surface area contributed by atoms with Crippen LogP contribution in [0.15, 0.2) is 15.0 Å². The van der Waals surface area contributed by atoms with Gasteiger partial charge in [-0.15, -0.1) is 0 Å². The van der Waals surface area contributed by atoms with E-state index in [-0.39, 0.29) is 18.1 Å². The quantitative estimate of drug-likeness (QED) is 0.856. The van der Waals surface area contributed by atoms with Gasteiger partial charge in [-0.3, -0.25) is 4.79 Å². The number of furan rings is 1. The fourth-order valence-electron chi connectivity index (χ4n) is 3.79. The highest BCUT2D eigenvalue weighted by Crippen LogP contribution is 2.35. The summed E-state index contributed by atoms with van der Waals surface area (Å²) >= 11 is 0. The second-order valence-electron chi connectivity index (χ2n) is 6.77. The van der Waals surface area contributed by atoms with Crippen LogP contribution in [0.4, 0.5) is 0 Å². The summed E-state index contributed by atoms with van der Waals surface area (Å²) in [6, 6.07) is 1.81. The molecule has 4 rings (SSSR count). The van der Waals surface area contributed by atoms with E-state index in [4.69, 9.17) is 13.7 Å². The minimum Gasteiger partial charge on any atom is -0.466 e. The number of fused-ring (bicyclic) bond motifs is 1. The minimum atomic E-state index is 0.0337. The molecule has 2 aliphatic heterocycles. The molecular formula is C17H21N3O4. The van der Waals surface area contributed by atoms with Crippen molar-refractivity contribution in [2.24, 2.45) is 5.92 Å². The fraction of sp³-hybridized carbons (Fsp3) is 0.588. The van der Waals surface area contributed by atoms with Gasteiger partial charge in [-0.05, 0) is 33.3 Å². The van der Waals surface area contributed by atoms with Gasteiger partial charge in [0.1, 0.15) is 11.5 Å². The predicted molar refractivity (Wildman–Crippen MR) is 83.6 cm³/mol. The Morgan fingerprint density at radius 1 is 1.33 bits per heavy atom. The van der Waals surface area contributed by atoms with Crippen LogP contribution in [0.25, 0.3) is 0 Å². The molecular weight excluding hydrogens is 310 g/mol. The molecule has 0 spiro atoms. The van der Waals surface area contributed by atoms with E-state index in [1.807, 2.05) is 24.8 Å². The SMILES string of the molecule is Cc1noc(C[C@H]2C[C@H]3CN(C(=O)c4cc(C)oc4C)C[C@H]3O2)n1. The molecule has 0 unspecified atom stereocenters. The van der Waals surface area contributed by atoms with Crippen LogP contribution in [0.2, 0.25) is 0 Å². The van der Waals surface area contributed by atoms with Crippen LogP contribution in [0.5, 0.6) is 0 Å². The molecule has 1 amide bonds. The van der Waals surface area contributed by atoms with Crippen molar-refractivity contribution in [1.29, 1.82) is 0 Å². The molecule has 0 bridgehead atoms. The van der Waals surface area contributed by atoms with E-state index in [0.29, 0.717) is 41.9 Å². The number of amides is 1. The summed E-state index contributed by atoms with van der Waals surface area (Å²) in [5.74, 6) is 3.12. The highest BCUT2D eigenvalue weighted by Gasteiger charge is 2.44. The highest BCUT2D eigenvalue weighted by atomic mass is 16.5. The van der Waals surface area contributed by atoms with E-state index in [9.17, 15) is 4.79 Å². The topological polar surface area (TPSA) is 81.6 Å². The lowest BCUT2D eigenvalue weighted by Crippen LogP contribution is -2.31. The maximum atomic E-state index is 12.7. The van der Waals surface area contributed by atoms with Crippen molar-refractivity contribution in [1.82, 2.24) is 15.0 Å². The van der Waals surface area contributed by atoms with Crippen LogP contribution in [-0.2, 0) is 11.2 Å². The van der Waals surface area contributed by atoms with Gasteiger partial charge in [0.2, 0.25) is 5.89 Å². The molecule has 7 nitrogen and oxygen atoms in total. The van der Waals surface area contributed by atoms with E-state index < -0.39 is 0 Å². The van der Waals surface area contributed by atoms with E-state index >= 15 is 0 Å². The van der Waals surface area contributed by atoms with Gasteiger partial charge in [-0.2, -0.15) is 4.98 Å². The molecule has 0 aliphatic carbocycles. The van der Waals surface area contributed by atoms with E-state index in [2.05, 4.69) is 10.1 Å². The number of carbonyl (C=O) groups excluding carboxylic acids is 1. The maximum Gasteiger partial charge on any atom is 0.257 e. The largest absolute Gasteiger partial charge is 0.466 e. The van der Waals surface area contributed by atoms with E-state index in [1.165, 1.54) is 0 Å². The Kier molecular flexibility index (Phi) is 3.68. The van der Waals surface area contributed by atoms with Crippen LogP contribution in [0.1, 0.15) is 40.0 Å². The summed E-state index contributed by atoms with van der Waals surface area (Å²) in [5.41, 5.74) is 0.658. The van der Waals surface area contributed by atoms with Crippen molar-refractivity contribution < 1.29 is 18.5 Å². The number of aryl methyl sites for hydroxylation is 3. The van der Waals surface area contributed by atoms with E-state index in [1.54, 1.807) is 6.92 Å². The molecule has 4 heterocycles. The molecule has 3 atom stereocenters. The van der Waals surface area contributed by atoms with Crippen LogP contribution in [0.3, 0.4) is 0 Å². The van der Waals surface area contributed by atoms with Crippen LogP contribution >= 0.6 is 0 Å². The third-order valence-corrected chi connectivity index (χ3v) is 4.84. The Hall–Kier alpha value is -2.15. The Balaban J connectivity index is 1.37. The van der Waals surface area contributed by atoms with Gasteiger partial charge in [0, 0.05) is 19.0 Å². The number of hydrogen-bond donors (Lipinski definition) is 0. The summed E-state index contributed by atoms with van der Waals surface area (Å²) in [6.07, 6.45) is 1.74. The Labute approximate surface area is 140 Å². The van der Waals surface area contributed by atoms with Crippen molar-refractivity contribution in [3.8, 4) is 0 Å². The first-order chi connectivity index (χ1) is 11.5. The summed E-state index contributed by atoms with van der Waals surface area (Å²) in [7, 11) is 0. The van der Waals surface area contributed by atoms with Crippen LogP contribution in [-0.4, -0.2) is 46.2 Å². The van der Waals surface area contributed by atoms with Crippen LogP contribution in [0, 0.1) is 26.7 Å². The summed E-state index contributed by atoms with van der Waals surface area (Å²) in [4.78, 5) is 18.8. The number of rotatable bonds is 3. The standard InChI is InChI=1S/C17H21N3O4/c1-9-4-14(10(2)22-9)17(21)20-7-12-5-13(23-15(12)8-20)6-16-18-11(3)19-24-16/h4,12-13,15H,5-8H2,1-3H3/t12-,13+,15+/m0/s1. The molecule has 128 valence electrons. The first-order valence-electron chi connectivity index (χ1n) is 8.30. The summed E-state index contributed by atoms with van der Waals surface area (Å²) in [6.45, 7) is 6.85. The third-order valence-electron chi connectivity index (χ3n) is 4.84. The van der Waals surface area contributed by atoms with Crippen molar-refractivity contribution in [2.45, 2.75) is 45.8 Å². The lowest BCUT2D eigenvalue weighted by Gasteiger charge is -2.18. The molecule has 0 aromatic carbocycles. The predicted octanol–water partition coefficient (Wildman–Crippen LogP) is 2.06. The molecule has 2 fully saturated rings. The average molecular weight is 331 g/mol. The Morgan fingerprint density at radius 3 is 2.79 bits per heavy atom. The second-order valence-corrected chi connectivity index (χ2v) is 6.77. The number of aromatic nitrogens is 2. The summed E-state index contributed by atoms with van der Waals surface area (Å²) in [5, 5.41) is 3.81. The molecule has 0 N–H and O–H groups in total. The number of ether oxygens (including phenoxy) is 1. The van der Waals surface area contributed by atoms with Gasteiger partial charge >= 0.3 is 0 Å². The first-order valence-corrected chi connectivity index (χ1v) is 8.30. The molecule has 0 saturated carbocycles. The van der Waals surface area contributed by atoms with Gasteiger partial charge in [0.05, 0.1) is 24.2 Å². The van der Waals surface area contributed by atoms with Crippen LogP contribution < -0.4 is 0 Å². The molecule has 24 heavy (non-hydrogen) atoms. The molecule has 7 heteroatoms. The zero-order valence-electron chi connectivity index (χ0n) is 14.1. The zero-order valence-corrected chi connectivity index (χ0v) is 14.1. The second kappa shape index (κ2) is 5.73. The van der Waals surface area contributed by atoms with Gasteiger partial charge < -0.3 is 18.6 Å². The van der Waals surface area contributed by atoms with Crippen molar-refractivity contribution >= 4 is 5.91 Å². The average Bonchev–Trinajstić information content (AvgIpc) is 3.24. The lowest BCUT2D eigenvalue weighted by molar-refractivity contribution is 0.0330. The van der Waals surface area contributed by atoms with Gasteiger partial charge in [0.25, 0.3) is 5.91 Å². The Bertz CT molecular complexity index is 752. The lowest BCUT2D eigenvalue weighted by atomic mass is 10.0. The highest BCUT2D eigenvalue weighted by molar-refractivity contribution is 5.95. The smallest absolute Gasteiger partial charge is 0.257 e.